The fraction of sp³-hybridized carbons (Fsp3) is 0.267. The van der Waals surface area contributed by atoms with Crippen LogP contribution in [0.5, 0.6) is 5.75 Å². The van der Waals surface area contributed by atoms with Crippen LogP contribution in [0.15, 0.2) is 72.8 Å². The number of carbonyl (C=O) groups excluding carboxylic acids is 2. The molecule has 4 aromatic rings. The van der Waals surface area contributed by atoms with Gasteiger partial charge in [-0.05, 0) is 36.8 Å². The first-order valence-electron chi connectivity index (χ1n) is 12.7. The first-order valence-corrected chi connectivity index (χ1v) is 12.7. The maximum absolute atomic E-state index is 13.6. The van der Waals surface area contributed by atoms with Gasteiger partial charge in [0.25, 0.3) is 5.91 Å². The van der Waals surface area contributed by atoms with Gasteiger partial charge in [0.2, 0.25) is 5.91 Å². The monoisotopic (exact) mass is 494 g/mol. The second-order valence-corrected chi connectivity index (χ2v) is 9.67. The van der Waals surface area contributed by atoms with E-state index in [9.17, 15) is 9.59 Å². The number of carbonyl (C=O) groups is 2. The van der Waals surface area contributed by atoms with Crippen LogP contribution in [0.3, 0.4) is 0 Å². The van der Waals surface area contributed by atoms with Crippen molar-refractivity contribution in [3.8, 4) is 5.75 Å². The second-order valence-electron chi connectivity index (χ2n) is 9.67. The molecule has 3 heterocycles. The number of hydrogen-bond donors (Lipinski definition) is 1. The van der Waals surface area contributed by atoms with E-state index in [0.717, 1.165) is 39.2 Å². The lowest BCUT2D eigenvalue weighted by molar-refractivity contribution is -0.132. The Kier molecular flexibility index (Phi) is 5.83. The number of hydrogen-bond acceptors (Lipinski definition) is 4. The highest BCUT2D eigenvalue weighted by molar-refractivity contribution is 6.02. The number of methoxy groups -OCH3 is 1. The van der Waals surface area contributed by atoms with Crippen LogP contribution in [0.2, 0.25) is 0 Å². The number of H-pyrrole nitrogens is 1. The first-order chi connectivity index (χ1) is 18.1. The van der Waals surface area contributed by atoms with E-state index in [4.69, 9.17) is 4.74 Å². The van der Waals surface area contributed by atoms with Crippen molar-refractivity contribution in [2.45, 2.75) is 13.0 Å². The van der Waals surface area contributed by atoms with Crippen LogP contribution in [0.4, 0.5) is 5.69 Å². The SMILES string of the molecule is COc1ccccc1N1CCN(C(=O)CN2C(=O)c3ccccc3C2c2c(C)[nH]c3ccccc23)CC1. The molecule has 7 nitrogen and oxygen atoms in total. The summed E-state index contributed by atoms with van der Waals surface area (Å²) in [6.07, 6.45) is 0. The van der Waals surface area contributed by atoms with Gasteiger partial charge in [0.15, 0.2) is 0 Å². The molecule has 2 amide bonds. The molecule has 188 valence electrons. The van der Waals surface area contributed by atoms with Crippen molar-refractivity contribution in [2.75, 3.05) is 44.7 Å². The predicted octanol–water partition coefficient (Wildman–Crippen LogP) is 4.38. The average molecular weight is 495 g/mol. The fourth-order valence-electron chi connectivity index (χ4n) is 5.83. The van der Waals surface area contributed by atoms with E-state index >= 15 is 0 Å². The van der Waals surface area contributed by atoms with Gasteiger partial charge in [0.05, 0.1) is 18.8 Å². The first kappa shape index (κ1) is 23.2. The van der Waals surface area contributed by atoms with Crippen LogP contribution in [-0.2, 0) is 4.79 Å². The molecule has 1 unspecified atom stereocenters. The lowest BCUT2D eigenvalue weighted by Crippen LogP contribution is -2.51. The summed E-state index contributed by atoms with van der Waals surface area (Å²) in [5.74, 6) is 0.717. The number of aromatic nitrogens is 1. The number of benzene rings is 3. The molecule has 0 spiro atoms. The zero-order valence-corrected chi connectivity index (χ0v) is 21.1. The van der Waals surface area contributed by atoms with E-state index in [-0.39, 0.29) is 24.4 Å². The highest BCUT2D eigenvalue weighted by Gasteiger charge is 2.41. The normalized spacial score (nSPS) is 17.4. The van der Waals surface area contributed by atoms with Crippen LogP contribution in [-0.4, -0.2) is 66.4 Å². The van der Waals surface area contributed by atoms with Crippen molar-refractivity contribution < 1.29 is 14.3 Å². The lowest BCUT2D eigenvalue weighted by atomic mass is 9.95. The Morgan fingerprint density at radius 2 is 1.65 bits per heavy atom. The fourth-order valence-corrected chi connectivity index (χ4v) is 5.83. The second kappa shape index (κ2) is 9.32. The number of para-hydroxylation sites is 3. The Labute approximate surface area is 216 Å². The van der Waals surface area contributed by atoms with E-state index in [0.29, 0.717) is 31.7 Å². The molecule has 37 heavy (non-hydrogen) atoms. The van der Waals surface area contributed by atoms with Gasteiger partial charge in [0.1, 0.15) is 12.3 Å². The summed E-state index contributed by atoms with van der Waals surface area (Å²) in [6, 6.07) is 23.5. The molecule has 6 rings (SSSR count). The van der Waals surface area contributed by atoms with E-state index in [1.54, 1.807) is 12.0 Å². The van der Waals surface area contributed by atoms with Gasteiger partial charge in [-0.3, -0.25) is 9.59 Å². The Morgan fingerprint density at radius 1 is 0.946 bits per heavy atom. The molecule has 7 heteroatoms. The van der Waals surface area contributed by atoms with Gasteiger partial charge in [0, 0.05) is 53.9 Å². The maximum atomic E-state index is 13.6. The number of fused-ring (bicyclic) bond motifs is 2. The minimum Gasteiger partial charge on any atom is -0.495 e. The smallest absolute Gasteiger partial charge is 0.255 e. The number of ether oxygens (including phenoxy) is 1. The van der Waals surface area contributed by atoms with Crippen LogP contribution >= 0.6 is 0 Å². The van der Waals surface area contributed by atoms with Crippen molar-refractivity contribution in [3.63, 3.8) is 0 Å². The third kappa shape index (κ3) is 3.91. The van der Waals surface area contributed by atoms with Crippen molar-refractivity contribution in [2.24, 2.45) is 0 Å². The van der Waals surface area contributed by atoms with E-state index in [1.807, 2.05) is 78.6 Å². The van der Waals surface area contributed by atoms with Crippen molar-refractivity contribution >= 4 is 28.4 Å². The van der Waals surface area contributed by atoms with E-state index in [1.165, 1.54) is 0 Å². The average Bonchev–Trinajstić information content (AvgIpc) is 3.41. The number of nitrogens with zero attached hydrogens (tertiary/aromatic N) is 3. The summed E-state index contributed by atoms with van der Waals surface area (Å²) in [7, 11) is 1.68. The standard InChI is InChI=1S/C30H30N4O3/c1-20-28(23-11-5-6-12-24(23)31-20)29-21-9-3-4-10-22(21)30(36)34(29)19-27(35)33-17-15-32(16-18-33)25-13-7-8-14-26(25)37-2/h3-14,29,31H,15-19H2,1-2H3. The number of nitrogens with one attached hydrogen (secondary N) is 1. The van der Waals surface area contributed by atoms with Gasteiger partial charge in [-0.1, -0.05) is 48.5 Å². The van der Waals surface area contributed by atoms with Crippen LogP contribution < -0.4 is 9.64 Å². The number of aryl methyl sites for hydroxylation is 1. The molecule has 1 atom stereocenters. The molecule has 1 N–H and O–H groups in total. The van der Waals surface area contributed by atoms with E-state index in [2.05, 4.69) is 16.0 Å². The zero-order valence-electron chi connectivity index (χ0n) is 21.1. The van der Waals surface area contributed by atoms with Gasteiger partial charge in [-0.2, -0.15) is 0 Å². The summed E-state index contributed by atoms with van der Waals surface area (Å²) in [4.78, 5) is 36.5. The molecule has 0 aliphatic carbocycles. The largest absolute Gasteiger partial charge is 0.495 e. The molecule has 0 saturated carbocycles. The molecule has 0 bridgehead atoms. The summed E-state index contributed by atoms with van der Waals surface area (Å²) in [5, 5.41) is 1.08. The van der Waals surface area contributed by atoms with Gasteiger partial charge >= 0.3 is 0 Å². The third-order valence-electron chi connectivity index (χ3n) is 7.64. The minimum absolute atomic E-state index is 0.0247. The molecule has 0 radical (unpaired) electrons. The topological polar surface area (TPSA) is 68.9 Å². The number of anilines is 1. The molecule has 1 saturated heterocycles. The number of amides is 2. The molecular weight excluding hydrogens is 464 g/mol. The summed E-state index contributed by atoms with van der Waals surface area (Å²) >= 11 is 0. The highest BCUT2D eigenvalue weighted by atomic mass is 16.5. The molecule has 3 aromatic carbocycles. The van der Waals surface area contributed by atoms with Crippen molar-refractivity contribution in [3.05, 3.63) is 95.2 Å². The summed E-state index contributed by atoms with van der Waals surface area (Å²) in [5.41, 5.74) is 5.77. The molecule has 2 aliphatic rings. The Hall–Kier alpha value is -4.26. The Bertz CT molecular complexity index is 1490. The quantitative estimate of drug-likeness (QED) is 0.447. The maximum Gasteiger partial charge on any atom is 0.255 e. The van der Waals surface area contributed by atoms with Gasteiger partial charge in [-0.15, -0.1) is 0 Å². The van der Waals surface area contributed by atoms with E-state index < -0.39 is 0 Å². The molecule has 1 fully saturated rings. The minimum atomic E-state index is -0.307. The van der Waals surface area contributed by atoms with Crippen molar-refractivity contribution in [1.29, 1.82) is 0 Å². The van der Waals surface area contributed by atoms with Crippen LogP contribution in [0, 0.1) is 6.92 Å². The molecule has 1 aromatic heterocycles. The Balaban J connectivity index is 1.25. The molecule has 2 aliphatic heterocycles. The summed E-state index contributed by atoms with van der Waals surface area (Å²) < 4.78 is 5.52. The van der Waals surface area contributed by atoms with Gasteiger partial charge < -0.3 is 24.4 Å². The van der Waals surface area contributed by atoms with Crippen LogP contribution in [0.1, 0.15) is 33.2 Å². The third-order valence-corrected chi connectivity index (χ3v) is 7.64. The summed E-state index contributed by atoms with van der Waals surface area (Å²) in [6.45, 7) is 4.71. The van der Waals surface area contributed by atoms with Crippen molar-refractivity contribution in [1.82, 2.24) is 14.8 Å². The number of aromatic amines is 1. The van der Waals surface area contributed by atoms with Crippen LogP contribution in [0.25, 0.3) is 10.9 Å². The van der Waals surface area contributed by atoms with Gasteiger partial charge in [-0.25, -0.2) is 0 Å². The number of piperazine rings is 1. The zero-order chi connectivity index (χ0) is 25.5. The highest BCUT2D eigenvalue weighted by Crippen LogP contribution is 2.42. The Morgan fingerprint density at radius 3 is 2.46 bits per heavy atom. The molecular formula is C30H30N4O3. The lowest BCUT2D eigenvalue weighted by Gasteiger charge is -2.37. The number of rotatable bonds is 5. The predicted molar refractivity (Wildman–Crippen MR) is 144 cm³/mol.